The van der Waals surface area contributed by atoms with Gasteiger partial charge in [-0.25, -0.2) is 4.98 Å². The van der Waals surface area contributed by atoms with Gasteiger partial charge in [-0.1, -0.05) is 24.3 Å². The molecule has 148 valence electrons. The van der Waals surface area contributed by atoms with Crippen LogP contribution in [0.2, 0.25) is 0 Å². The minimum absolute atomic E-state index is 0.259. The zero-order chi connectivity index (χ0) is 19.9. The highest BCUT2D eigenvalue weighted by Crippen LogP contribution is 2.19. The van der Waals surface area contributed by atoms with E-state index in [1.165, 1.54) is 0 Å². The Labute approximate surface area is 168 Å². The van der Waals surface area contributed by atoms with Gasteiger partial charge in [0.15, 0.2) is 5.69 Å². The summed E-state index contributed by atoms with van der Waals surface area (Å²) in [5.74, 6) is 1.25. The minimum atomic E-state index is -0.294. The number of benzene rings is 1. The van der Waals surface area contributed by atoms with Crippen LogP contribution in [0.3, 0.4) is 0 Å². The van der Waals surface area contributed by atoms with E-state index in [-0.39, 0.29) is 11.6 Å². The quantitative estimate of drug-likeness (QED) is 0.668. The summed E-state index contributed by atoms with van der Waals surface area (Å²) >= 11 is 0. The summed E-state index contributed by atoms with van der Waals surface area (Å²) in [5.41, 5.74) is 2.05. The van der Waals surface area contributed by atoms with Crippen molar-refractivity contribution in [3.05, 3.63) is 72.1 Å². The highest BCUT2D eigenvalue weighted by atomic mass is 16.5. The van der Waals surface area contributed by atoms with E-state index >= 15 is 0 Å². The van der Waals surface area contributed by atoms with Crippen LogP contribution in [0.5, 0.6) is 0 Å². The molecule has 1 aliphatic rings. The normalized spacial score (nSPS) is 13.7. The van der Waals surface area contributed by atoms with Crippen molar-refractivity contribution in [3.8, 4) is 0 Å². The molecule has 3 aromatic rings. The molecule has 0 bridgehead atoms. The van der Waals surface area contributed by atoms with Gasteiger partial charge in [-0.3, -0.25) is 4.79 Å². The number of rotatable bonds is 6. The lowest BCUT2D eigenvalue weighted by molar-refractivity contribution is 0.102. The van der Waals surface area contributed by atoms with Gasteiger partial charge in [0.25, 0.3) is 5.91 Å². The molecular formula is C21H22N6O2. The summed E-state index contributed by atoms with van der Waals surface area (Å²) in [6.07, 6.45) is 1.80. The van der Waals surface area contributed by atoms with Crippen LogP contribution in [0.4, 0.5) is 17.3 Å². The number of nitrogens with one attached hydrogen (secondary N) is 2. The number of hydrogen-bond donors (Lipinski definition) is 2. The first-order valence-corrected chi connectivity index (χ1v) is 9.50. The van der Waals surface area contributed by atoms with Crippen molar-refractivity contribution in [3.63, 3.8) is 0 Å². The molecule has 0 aliphatic carbocycles. The Balaban J connectivity index is 1.38. The molecule has 8 nitrogen and oxygen atoms in total. The number of carbonyl (C=O) groups is 1. The van der Waals surface area contributed by atoms with E-state index in [2.05, 4.69) is 30.7 Å². The highest BCUT2D eigenvalue weighted by molar-refractivity contribution is 6.02. The van der Waals surface area contributed by atoms with Crippen LogP contribution >= 0.6 is 0 Å². The van der Waals surface area contributed by atoms with Crippen molar-refractivity contribution in [1.82, 2.24) is 15.2 Å². The SMILES string of the molecule is O=C(Nc1ccccc1)c1ccc(NCc2cccnc2N2CCOCC2)nn1. The fourth-order valence-electron chi connectivity index (χ4n) is 3.08. The Morgan fingerprint density at radius 2 is 1.83 bits per heavy atom. The number of morpholine rings is 1. The lowest BCUT2D eigenvalue weighted by atomic mass is 10.2. The lowest BCUT2D eigenvalue weighted by Gasteiger charge is -2.29. The largest absolute Gasteiger partial charge is 0.378 e. The fraction of sp³-hybridized carbons (Fsp3) is 0.238. The molecule has 3 heterocycles. The zero-order valence-electron chi connectivity index (χ0n) is 15.9. The molecule has 29 heavy (non-hydrogen) atoms. The first-order chi connectivity index (χ1) is 14.3. The molecule has 1 amide bonds. The number of amides is 1. The third-order valence-corrected chi connectivity index (χ3v) is 4.57. The summed E-state index contributed by atoms with van der Waals surface area (Å²) < 4.78 is 5.42. The summed E-state index contributed by atoms with van der Waals surface area (Å²) in [6.45, 7) is 3.64. The molecule has 0 spiro atoms. The monoisotopic (exact) mass is 390 g/mol. The number of aromatic nitrogens is 3. The standard InChI is InChI=1S/C21H22N6O2/c28-21(24-17-6-2-1-3-7-17)18-8-9-19(26-25-18)23-15-16-5-4-10-22-20(16)27-11-13-29-14-12-27/h1-10H,11-15H2,(H,23,26)(H,24,28). The molecule has 2 aromatic heterocycles. The molecule has 0 radical (unpaired) electrons. The van der Waals surface area contributed by atoms with E-state index in [4.69, 9.17) is 4.74 Å². The second kappa shape index (κ2) is 9.11. The van der Waals surface area contributed by atoms with Crippen LogP contribution in [-0.2, 0) is 11.3 Å². The van der Waals surface area contributed by atoms with E-state index in [9.17, 15) is 4.79 Å². The number of nitrogens with zero attached hydrogens (tertiary/aromatic N) is 4. The van der Waals surface area contributed by atoms with E-state index in [1.54, 1.807) is 18.3 Å². The zero-order valence-corrected chi connectivity index (χ0v) is 15.9. The number of hydrogen-bond acceptors (Lipinski definition) is 7. The molecule has 8 heteroatoms. The Hall–Kier alpha value is -3.52. The van der Waals surface area contributed by atoms with Crippen molar-refractivity contribution >= 4 is 23.2 Å². The summed E-state index contributed by atoms with van der Waals surface area (Å²) in [7, 11) is 0. The summed E-state index contributed by atoms with van der Waals surface area (Å²) in [6, 6.07) is 16.6. The van der Waals surface area contributed by atoms with E-state index < -0.39 is 0 Å². The van der Waals surface area contributed by atoms with Gasteiger partial charge in [0.2, 0.25) is 0 Å². The van der Waals surface area contributed by atoms with Crippen LogP contribution in [0, 0.1) is 0 Å². The minimum Gasteiger partial charge on any atom is -0.378 e. The van der Waals surface area contributed by atoms with Crippen molar-refractivity contribution < 1.29 is 9.53 Å². The molecule has 0 saturated carbocycles. The number of carbonyl (C=O) groups excluding carboxylic acids is 1. The third-order valence-electron chi connectivity index (χ3n) is 4.57. The van der Waals surface area contributed by atoms with Gasteiger partial charge < -0.3 is 20.3 Å². The molecule has 1 aliphatic heterocycles. The van der Waals surface area contributed by atoms with Crippen molar-refractivity contribution in [2.24, 2.45) is 0 Å². The van der Waals surface area contributed by atoms with Gasteiger partial charge in [0.1, 0.15) is 11.6 Å². The number of para-hydroxylation sites is 1. The van der Waals surface area contributed by atoms with Gasteiger partial charge in [-0.2, -0.15) is 0 Å². The van der Waals surface area contributed by atoms with E-state index in [0.29, 0.717) is 31.3 Å². The summed E-state index contributed by atoms with van der Waals surface area (Å²) in [4.78, 5) is 19.0. The predicted molar refractivity (Wildman–Crippen MR) is 111 cm³/mol. The van der Waals surface area contributed by atoms with Gasteiger partial charge in [-0.05, 0) is 30.3 Å². The lowest BCUT2D eigenvalue weighted by Crippen LogP contribution is -2.37. The third kappa shape index (κ3) is 4.85. The smallest absolute Gasteiger partial charge is 0.276 e. The first kappa shape index (κ1) is 18.8. The van der Waals surface area contributed by atoms with Crippen LogP contribution in [0.1, 0.15) is 16.1 Å². The predicted octanol–water partition coefficient (Wildman–Crippen LogP) is 2.57. The maximum atomic E-state index is 12.3. The van der Waals surface area contributed by atoms with Crippen molar-refractivity contribution in [1.29, 1.82) is 0 Å². The Morgan fingerprint density at radius 3 is 2.59 bits per heavy atom. The molecule has 0 atom stereocenters. The topological polar surface area (TPSA) is 92.3 Å². The van der Waals surface area contributed by atoms with Crippen molar-refractivity contribution in [2.45, 2.75) is 6.54 Å². The Kier molecular flexibility index (Phi) is 5.92. The fourth-order valence-corrected chi connectivity index (χ4v) is 3.08. The molecule has 4 rings (SSSR count). The molecule has 1 aromatic carbocycles. The average Bonchev–Trinajstić information content (AvgIpc) is 2.79. The molecule has 0 unspecified atom stereocenters. The average molecular weight is 390 g/mol. The number of pyridine rings is 1. The Bertz CT molecular complexity index is 943. The van der Waals surface area contributed by atoms with Crippen LogP contribution < -0.4 is 15.5 Å². The molecular weight excluding hydrogens is 368 g/mol. The Morgan fingerprint density at radius 1 is 1.00 bits per heavy atom. The highest BCUT2D eigenvalue weighted by Gasteiger charge is 2.16. The van der Waals surface area contributed by atoms with E-state index in [0.717, 1.165) is 24.5 Å². The second-order valence-electron chi connectivity index (χ2n) is 6.56. The first-order valence-electron chi connectivity index (χ1n) is 9.50. The van der Waals surface area contributed by atoms with Gasteiger partial charge in [-0.15, -0.1) is 10.2 Å². The molecule has 1 saturated heterocycles. The van der Waals surface area contributed by atoms with Crippen LogP contribution in [0.25, 0.3) is 0 Å². The van der Waals surface area contributed by atoms with Gasteiger partial charge in [0, 0.05) is 37.1 Å². The molecule has 1 fully saturated rings. The number of anilines is 3. The maximum absolute atomic E-state index is 12.3. The number of ether oxygens (including phenoxy) is 1. The van der Waals surface area contributed by atoms with Gasteiger partial charge >= 0.3 is 0 Å². The van der Waals surface area contributed by atoms with Crippen molar-refractivity contribution in [2.75, 3.05) is 41.8 Å². The molecule has 2 N–H and O–H groups in total. The van der Waals surface area contributed by atoms with Gasteiger partial charge in [0.05, 0.1) is 13.2 Å². The van der Waals surface area contributed by atoms with Crippen LogP contribution in [0.15, 0.2) is 60.8 Å². The van der Waals surface area contributed by atoms with Crippen LogP contribution in [-0.4, -0.2) is 47.4 Å². The summed E-state index contributed by atoms with van der Waals surface area (Å²) in [5, 5.41) is 14.2. The van der Waals surface area contributed by atoms with E-state index in [1.807, 2.05) is 42.5 Å². The second-order valence-corrected chi connectivity index (χ2v) is 6.56. The maximum Gasteiger partial charge on any atom is 0.276 e.